The number of pyridine rings is 2. The molecule has 396 valence electrons. The Morgan fingerprint density at radius 2 is 1.56 bits per heavy atom. The van der Waals surface area contributed by atoms with Gasteiger partial charge in [0.1, 0.15) is 18.5 Å². The number of carbonyl (C=O) groups excluding carboxylic acids is 9. The summed E-state index contributed by atoms with van der Waals surface area (Å²) in [5.41, 5.74) is 2.12. The number of aryl methyl sites for hydroxylation is 1. The first-order chi connectivity index (χ1) is 36.0. The standard InChI is InChI=1S/C52H58FN9O12S/c1-3-52(73)33-19-38-48-31(24-62(38)50(71)32(33)25-74-51(52)72)47-35(14-13-30-28(2)34(53)20-36(60-48)46(30)47)58-43(67)26-75-27-57-41(65)22-56-49(70)37(18-29-10-6-4-7-11-29)59-42(66)23-55-40(64)21-54-39(63)12-8-5-9-17-61-44(68)15-16-45(61)69/h4,6-7,10-11,19-20,35,37,73H,3,5,8-9,12-18,21-27H2,1-2H3,(H,54,63)(H,55,64)(H,56,70)(H,57,65)(H,58,67)(H,59,66)/t35-,37-,52-/m0/s1. The van der Waals surface area contributed by atoms with Gasteiger partial charge in [0.2, 0.25) is 47.3 Å². The van der Waals surface area contributed by atoms with Gasteiger partial charge in [0.05, 0.1) is 66.3 Å². The molecule has 23 heteroatoms. The summed E-state index contributed by atoms with van der Waals surface area (Å²) < 4.78 is 22.1. The lowest BCUT2D eigenvalue weighted by Crippen LogP contribution is -2.52. The summed E-state index contributed by atoms with van der Waals surface area (Å²) in [4.78, 5) is 134. The van der Waals surface area contributed by atoms with Gasteiger partial charge in [-0.3, -0.25) is 48.1 Å². The van der Waals surface area contributed by atoms with Gasteiger partial charge in [-0.2, -0.15) is 0 Å². The van der Waals surface area contributed by atoms with Crippen LogP contribution in [-0.4, -0.2) is 117 Å². The van der Waals surface area contributed by atoms with Gasteiger partial charge in [-0.1, -0.05) is 43.7 Å². The molecular formula is C52H58FN9O12S. The second kappa shape index (κ2) is 23.3. The van der Waals surface area contributed by atoms with Crippen LogP contribution in [0.5, 0.6) is 0 Å². The highest BCUT2D eigenvalue weighted by atomic mass is 32.2. The lowest BCUT2D eigenvalue weighted by atomic mass is 9.81. The first-order valence-electron chi connectivity index (χ1n) is 24.9. The number of hydrogen-bond donors (Lipinski definition) is 7. The highest BCUT2D eigenvalue weighted by Gasteiger charge is 2.46. The Bertz CT molecular complexity index is 3040. The van der Waals surface area contributed by atoms with E-state index in [2.05, 4.69) is 31.9 Å². The van der Waals surface area contributed by atoms with Crippen molar-refractivity contribution < 1.29 is 57.4 Å². The average molecular weight is 1050 g/mol. The number of nitrogens with zero attached hydrogens (tertiary/aromatic N) is 3. The number of rotatable bonds is 22. The zero-order chi connectivity index (χ0) is 53.6. The maximum absolute atomic E-state index is 15.4. The van der Waals surface area contributed by atoms with Crippen molar-refractivity contribution in [3.05, 3.63) is 97.6 Å². The monoisotopic (exact) mass is 1050 g/mol. The van der Waals surface area contributed by atoms with Crippen molar-refractivity contribution in [3.8, 4) is 11.4 Å². The van der Waals surface area contributed by atoms with E-state index < -0.39 is 71.7 Å². The van der Waals surface area contributed by atoms with Gasteiger partial charge in [0.15, 0.2) is 5.60 Å². The molecule has 8 rings (SSSR count). The number of halogens is 1. The second-order valence-corrected chi connectivity index (χ2v) is 19.9. The van der Waals surface area contributed by atoms with Crippen LogP contribution in [0, 0.1) is 12.7 Å². The molecule has 1 aliphatic carbocycles. The van der Waals surface area contributed by atoms with Crippen LogP contribution in [0.2, 0.25) is 0 Å². The number of thioether (sulfide) groups is 1. The minimum atomic E-state index is -2.04. The van der Waals surface area contributed by atoms with Gasteiger partial charge < -0.3 is 46.3 Å². The van der Waals surface area contributed by atoms with Gasteiger partial charge in [0, 0.05) is 54.8 Å². The summed E-state index contributed by atoms with van der Waals surface area (Å²) in [6.45, 7) is 2.03. The Balaban J connectivity index is 0.805. The molecule has 0 unspecified atom stereocenters. The average Bonchev–Trinajstić information content (AvgIpc) is 3.98. The molecule has 2 aromatic carbocycles. The number of aliphatic hydroxyl groups is 1. The molecule has 3 aliphatic heterocycles. The van der Waals surface area contributed by atoms with E-state index in [1.54, 1.807) is 50.2 Å². The molecule has 7 N–H and O–H groups in total. The maximum atomic E-state index is 15.4. The number of fused-ring (bicyclic) bond motifs is 5. The van der Waals surface area contributed by atoms with Crippen LogP contribution in [0.1, 0.15) is 103 Å². The number of carbonyl (C=O) groups is 9. The molecule has 21 nitrogen and oxygen atoms in total. The summed E-state index contributed by atoms with van der Waals surface area (Å²) in [5, 5.41) is 27.8. The van der Waals surface area contributed by atoms with Gasteiger partial charge in [-0.15, -0.1) is 11.8 Å². The highest BCUT2D eigenvalue weighted by molar-refractivity contribution is 7.99. The molecule has 3 atom stereocenters. The third kappa shape index (κ3) is 11.9. The number of imide groups is 1. The molecule has 0 saturated carbocycles. The minimum absolute atomic E-state index is 0.00223. The molecule has 2 aromatic heterocycles. The number of nitrogens with one attached hydrogen (secondary N) is 6. The Morgan fingerprint density at radius 3 is 2.31 bits per heavy atom. The fourth-order valence-corrected chi connectivity index (χ4v) is 10.6. The Labute approximate surface area is 433 Å². The van der Waals surface area contributed by atoms with E-state index in [0.29, 0.717) is 83.2 Å². The van der Waals surface area contributed by atoms with Crippen molar-refractivity contribution in [2.75, 3.05) is 37.8 Å². The maximum Gasteiger partial charge on any atom is 0.343 e. The molecular weight excluding hydrogens is 994 g/mol. The van der Waals surface area contributed by atoms with Gasteiger partial charge >= 0.3 is 5.97 Å². The fourth-order valence-electron chi connectivity index (χ4n) is 9.98. The quantitative estimate of drug-likeness (QED) is 0.0222. The smallest absolute Gasteiger partial charge is 0.343 e. The van der Waals surface area contributed by atoms with Crippen LogP contribution in [0.4, 0.5) is 4.39 Å². The van der Waals surface area contributed by atoms with E-state index in [4.69, 9.17) is 9.72 Å². The third-order valence-electron chi connectivity index (χ3n) is 14.0. The molecule has 0 radical (unpaired) electrons. The minimum Gasteiger partial charge on any atom is -0.458 e. The number of cyclic esters (lactones) is 1. The molecule has 1 fully saturated rings. The van der Waals surface area contributed by atoms with Crippen molar-refractivity contribution in [2.45, 2.75) is 109 Å². The second-order valence-electron chi connectivity index (χ2n) is 18.9. The van der Waals surface area contributed by atoms with Crippen molar-refractivity contribution in [3.63, 3.8) is 0 Å². The predicted molar refractivity (Wildman–Crippen MR) is 269 cm³/mol. The van der Waals surface area contributed by atoms with Gasteiger partial charge in [0.25, 0.3) is 5.56 Å². The van der Waals surface area contributed by atoms with E-state index in [-0.39, 0.29) is 98.2 Å². The zero-order valence-electron chi connectivity index (χ0n) is 41.5. The Kier molecular flexibility index (Phi) is 16.7. The van der Waals surface area contributed by atoms with Crippen molar-refractivity contribution in [1.29, 1.82) is 0 Å². The Hall–Kier alpha value is -7.53. The van der Waals surface area contributed by atoms with Crippen molar-refractivity contribution in [1.82, 2.24) is 46.4 Å². The number of esters is 1. The van der Waals surface area contributed by atoms with Crippen LogP contribution in [0.25, 0.3) is 22.3 Å². The Morgan fingerprint density at radius 1 is 0.853 bits per heavy atom. The summed E-state index contributed by atoms with van der Waals surface area (Å²) in [7, 11) is 0. The third-order valence-corrected chi connectivity index (χ3v) is 14.8. The largest absolute Gasteiger partial charge is 0.458 e. The first kappa shape index (κ1) is 53.8. The van der Waals surface area contributed by atoms with E-state index in [1.165, 1.54) is 15.5 Å². The molecule has 4 aromatic rings. The van der Waals surface area contributed by atoms with E-state index >= 15 is 4.39 Å². The first-order valence-corrected chi connectivity index (χ1v) is 26.1. The predicted octanol–water partition coefficient (Wildman–Crippen LogP) is 1.22. The number of amides is 8. The molecule has 75 heavy (non-hydrogen) atoms. The SMILES string of the molecule is CC[C@@]1(O)C(=O)OCc2c1cc1n(c2=O)Cc2c-1nc1cc(F)c(C)c3c1c2[C@@H](NC(=O)CSCNC(=O)CNC(=O)[C@H](Cc1ccccc1)NC(=O)CNC(=O)CNC(=O)CCCCCN1C(=O)CCC1=O)CC3. The van der Waals surface area contributed by atoms with E-state index in [9.17, 15) is 53.1 Å². The molecule has 8 amide bonds. The zero-order valence-corrected chi connectivity index (χ0v) is 42.3. The number of benzene rings is 2. The van der Waals surface area contributed by atoms with Crippen LogP contribution in [0.3, 0.4) is 0 Å². The fraction of sp³-hybridized carbons (Fsp3) is 0.442. The highest BCUT2D eigenvalue weighted by Crippen LogP contribution is 2.46. The normalized spacial score (nSPS) is 17.6. The van der Waals surface area contributed by atoms with Gasteiger partial charge in [-0.05, 0) is 67.3 Å². The summed E-state index contributed by atoms with van der Waals surface area (Å²) in [6, 6.07) is 10.0. The number of aromatic nitrogens is 2. The summed E-state index contributed by atoms with van der Waals surface area (Å²) in [5.74, 6) is -5.09. The molecule has 0 spiro atoms. The van der Waals surface area contributed by atoms with Crippen molar-refractivity contribution in [2.24, 2.45) is 0 Å². The van der Waals surface area contributed by atoms with Crippen LogP contribution in [0.15, 0.2) is 47.3 Å². The summed E-state index contributed by atoms with van der Waals surface area (Å²) >= 11 is 1.10. The van der Waals surface area contributed by atoms with Crippen LogP contribution < -0.4 is 37.5 Å². The molecule has 5 heterocycles. The molecule has 4 aliphatic rings. The number of ether oxygens (including phenoxy) is 1. The van der Waals surface area contributed by atoms with Crippen LogP contribution >= 0.6 is 11.8 Å². The lowest BCUT2D eigenvalue weighted by molar-refractivity contribution is -0.172. The van der Waals surface area contributed by atoms with Crippen molar-refractivity contribution >= 4 is 75.9 Å². The van der Waals surface area contributed by atoms with Gasteiger partial charge in [-0.25, -0.2) is 14.2 Å². The molecule has 1 saturated heterocycles. The number of unbranched alkanes of at least 4 members (excludes halogenated alkanes) is 2. The number of likely N-dealkylation sites (tertiary alicyclic amines) is 1. The summed E-state index contributed by atoms with van der Waals surface area (Å²) in [6.07, 6.45) is 3.10. The van der Waals surface area contributed by atoms with E-state index in [1.807, 2.05) is 0 Å². The molecule has 0 bridgehead atoms. The number of hydrogen-bond acceptors (Lipinski definition) is 14. The van der Waals surface area contributed by atoms with Crippen LogP contribution in [-0.2, 0) is 79.5 Å². The van der Waals surface area contributed by atoms with E-state index in [0.717, 1.165) is 17.3 Å². The lowest BCUT2D eigenvalue weighted by Gasteiger charge is -2.31. The topological polar surface area (TPSA) is 293 Å².